The van der Waals surface area contributed by atoms with Crippen molar-refractivity contribution in [1.82, 2.24) is 34.7 Å². The summed E-state index contributed by atoms with van der Waals surface area (Å²) in [5, 5.41) is 9.98. The molecule has 0 saturated carbocycles. The number of nitrogens with two attached hydrogens (primary N) is 1. The molecule has 4 aromatic heterocycles. The van der Waals surface area contributed by atoms with E-state index in [1.807, 2.05) is 4.90 Å². The predicted octanol–water partition coefficient (Wildman–Crippen LogP) is 4.30. The molecular weight excluding hydrogens is 461 g/mol. The van der Waals surface area contributed by atoms with Crippen molar-refractivity contribution in [2.24, 2.45) is 0 Å². The summed E-state index contributed by atoms with van der Waals surface area (Å²) < 4.78 is 46.9. The van der Waals surface area contributed by atoms with Gasteiger partial charge >= 0.3 is 6.18 Å². The van der Waals surface area contributed by atoms with Crippen molar-refractivity contribution in [3.63, 3.8) is 0 Å². The minimum Gasteiger partial charge on any atom is -0.461 e. The normalized spacial score (nSPS) is 17.1. The Morgan fingerprint density at radius 3 is 2.70 bits per heavy atom. The number of hydrogen-bond acceptors (Lipinski definition) is 7. The standard InChI is InChI=1S/C20H20ClF3N8O/c1-10(14-15(20(22,23)24)28-29-16(14)21)31-6-4-11(5-7-31)12-9-32-19(17(25)26-12)27-18(30-32)13-3-2-8-33-13/h2-3,8-11H,4-7H2,1H3,(H2,25,26)(H,28,29). The first-order valence-corrected chi connectivity index (χ1v) is 10.7. The largest absolute Gasteiger partial charge is 0.461 e. The van der Waals surface area contributed by atoms with Gasteiger partial charge < -0.3 is 10.2 Å². The number of furan rings is 1. The molecule has 0 aromatic carbocycles. The fourth-order valence-corrected chi connectivity index (χ4v) is 4.62. The fourth-order valence-electron chi connectivity index (χ4n) is 4.33. The quantitative estimate of drug-likeness (QED) is 0.447. The highest BCUT2D eigenvalue weighted by Gasteiger charge is 2.40. The number of aromatic amines is 1. The fraction of sp³-hybridized carbons (Fsp3) is 0.400. The van der Waals surface area contributed by atoms with Crippen LogP contribution in [0.25, 0.3) is 17.2 Å². The van der Waals surface area contributed by atoms with Gasteiger partial charge in [-0.25, -0.2) is 14.5 Å². The van der Waals surface area contributed by atoms with Gasteiger partial charge in [0.15, 0.2) is 22.9 Å². The molecule has 3 N–H and O–H groups in total. The van der Waals surface area contributed by atoms with E-state index < -0.39 is 17.9 Å². The van der Waals surface area contributed by atoms with Gasteiger partial charge in [0.2, 0.25) is 5.82 Å². The lowest BCUT2D eigenvalue weighted by molar-refractivity contribution is -0.142. The monoisotopic (exact) mass is 480 g/mol. The third kappa shape index (κ3) is 3.93. The van der Waals surface area contributed by atoms with Gasteiger partial charge in [-0.2, -0.15) is 18.3 Å². The average Bonchev–Trinajstić information content (AvgIpc) is 3.52. The number of H-pyrrole nitrogens is 1. The minimum absolute atomic E-state index is 0.0283. The van der Waals surface area contributed by atoms with E-state index >= 15 is 0 Å². The van der Waals surface area contributed by atoms with E-state index in [1.54, 1.807) is 29.8 Å². The maximum atomic E-state index is 13.3. The molecule has 0 amide bonds. The van der Waals surface area contributed by atoms with Crippen molar-refractivity contribution in [2.45, 2.75) is 37.9 Å². The van der Waals surface area contributed by atoms with Crippen LogP contribution in [-0.4, -0.2) is 47.8 Å². The van der Waals surface area contributed by atoms with Crippen molar-refractivity contribution in [1.29, 1.82) is 0 Å². The van der Waals surface area contributed by atoms with Gasteiger partial charge in [0.25, 0.3) is 0 Å². The van der Waals surface area contributed by atoms with E-state index in [0.717, 1.165) is 5.69 Å². The summed E-state index contributed by atoms with van der Waals surface area (Å²) in [4.78, 5) is 10.9. The predicted molar refractivity (Wildman–Crippen MR) is 113 cm³/mol. The molecule has 174 valence electrons. The summed E-state index contributed by atoms with van der Waals surface area (Å²) in [6.45, 7) is 2.85. The first kappa shape index (κ1) is 21.7. The molecule has 33 heavy (non-hydrogen) atoms. The second-order valence-corrected chi connectivity index (χ2v) is 8.39. The van der Waals surface area contributed by atoms with Crippen molar-refractivity contribution in [3.8, 4) is 11.6 Å². The molecule has 1 unspecified atom stereocenters. The molecule has 4 aromatic rings. The summed E-state index contributed by atoms with van der Waals surface area (Å²) in [5.41, 5.74) is 6.34. The molecular formula is C20H20ClF3N8O. The van der Waals surface area contributed by atoms with Crippen LogP contribution in [0, 0.1) is 0 Å². The van der Waals surface area contributed by atoms with E-state index in [1.165, 1.54) is 6.26 Å². The zero-order chi connectivity index (χ0) is 23.3. The van der Waals surface area contributed by atoms with Crippen LogP contribution >= 0.6 is 11.6 Å². The van der Waals surface area contributed by atoms with Crippen LogP contribution in [0.3, 0.4) is 0 Å². The number of fused-ring (bicyclic) bond motifs is 1. The Morgan fingerprint density at radius 1 is 1.27 bits per heavy atom. The second kappa shape index (κ2) is 8.03. The highest BCUT2D eigenvalue weighted by Crippen LogP contribution is 2.40. The molecule has 5 rings (SSSR count). The van der Waals surface area contributed by atoms with E-state index in [9.17, 15) is 13.2 Å². The van der Waals surface area contributed by atoms with Crippen molar-refractivity contribution in [3.05, 3.63) is 46.7 Å². The van der Waals surface area contributed by atoms with Crippen molar-refractivity contribution < 1.29 is 17.6 Å². The Labute approximate surface area is 190 Å². The lowest BCUT2D eigenvalue weighted by atomic mass is 9.92. The Balaban J connectivity index is 1.34. The number of alkyl halides is 3. The van der Waals surface area contributed by atoms with Crippen molar-refractivity contribution in [2.75, 3.05) is 18.8 Å². The molecule has 9 nitrogen and oxygen atoms in total. The zero-order valence-corrected chi connectivity index (χ0v) is 18.2. The van der Waals surface area contributed by atoms with E-state index in [-0.39, 0.29) is 22.5 Å². The molecule has 1 aliphatic rings. The summed E-state index contributed by atoms with van der Waals surface area (Å²) in [5.74, 6) is 1.27. The Hall–Kier alpha value is -3.12. The first-order chi connectivity index (χ1) is 15.7. The van der Waals surface area contributed by atoms with Gasteiger partial charge in [0, 0.05) is 17.5 Å². The number of halogens is 4. The Kier molecular flexibility index (Phi) is 5.28. The van der Waals surface area contributed by atoms with Gasteiger partial charge in [-0.15, -0.1) is 5.10 Å². The number of aromatic nitrogens is 6. The summed E-state index contributed by atoms with van der Waals surface area (Å²) in [6.07, 6.45) is 0.146. The van der Waals surface area contributed by atoms with Gasteiger partial charge in [0.05, 0.1) is 18.2 Å². The molecule has 1 aliphatic heterocycles. The maximum Gasteiger partial charge on any atom is 0.435 e. The first-order valence-electron chi connectivity index (χ1n) is 10.3. The minimum atomic E-state index is -4.57. The summed E-state index contributed by atoms with van der Waals surface area (Å²) in [6, 6.07) is 2.96. The number of piperidine rings is 1. The van der Waals surface area contributed by atoms with E-state index in [2.05, 4.69) is 25.3 Å². The average molecular weight is 481 g/mol. The molecule has 0 aliphatic carbocycles. The van der Waals surface area contributed by atoms with Crippen LogP contribution in [0.2, 0.25) is 5.15 Å². The van der Waals surface area contributed by atoms with Gasteiger partial charge in [-0.05, 0) is 45.0 Å². The van der Waals surface area contributed by atoms with Crippen LogP contribution < -0.4 is 5.73 Å². The number of nitrogen functional groups attached to an aromatic ring is 1. The number of rotatable bonds is 4. The number of nitrogens with zero attached hydrogens (tertiary/aromatic N) is 6. The van der Waals surface area contributed by atoms with Crippen LogP contribution in [-0.2, 0) is 6.18 Å². The SMILES string of the molecule is CC(c1c(C(F)(F)F)n[nH]c1Cl)N1CCC(c2cn3nc(-c4ccco4)nc3c(N)n2)CC1. The molecule has 0 bridgehead atoms. The Bertz CT molecular complexity index is 1270. The van der Waals surface area contributed by atoms with Crippen LogP contribution in [0.5, 0.6) is 0 Å². The lowest BCUT2D eigenvalue weighted by Crippen LogP contribution is -2.36. The summed E-state index contributed by atoms with van der Waals surface area (Å²) >= 11 is 6.01. The maximum absolute atomic E-state index is 13.3. The molecule has 1 saturated heterocycles. The number of likely N-dealkylation sites (tertiary alicyclic amines) is 1. The topological polar surface area (TPSA) is 114 Å². The smallest absolute Gasteiger partial charge is 0.435 e. The molecule has 1 atom stereocenters. The molecule has 5 heterocycles. The van der Waals surface area contributed by atoms with Gasteiger partial charge in [-0.3, -0.25) is 10.00 Å². The molecule has 13 heteroatoms. The number of anilines is 1. The summed E-state index contributed by atoms with van der Waals surface area (Å²) in [7, 11) is 0. The van der Waals surface area contributed by atoms with Crippen LogP contribution in [0.15, 0.2) is 29.0 Å². The highest BCUT2D eigenvalue weighted by atomic mass is 35.5. The highest BCUT2D eigenvalue weighted by molar-refractivity contribution is 6.30. The second-order valence-electron chi connectivity index (χ2n) is 8.02. The third-order valence-electron chi connectivity index (χ3n) is 6.05. The molecule has 0 radical (unpaired) electrons. The Morgan fingerprint density at radius 2 is 2.03 bits per heavy atom. The molecule has 1 fully saturated rings. The van der Waals surface area contributed by atoms with Crippen LogP contribution in [0.4, 0.5) is 19.0 Å². The number of nitrogens with one attached hydrogen (secondary N) is 1. The van der Waals surface area contributed by atoms with Gasteiger partial charge in [0.1, 0.15) is 5.15 Å². The third-order valence-corrected chi connectivity index (χ3v) is 6.33. The molecule has 0 spiro atoms. The van der Waals surface area contributed by atoms with E-state index in [0.29, 0.717) is 43.2 Å². The van der Waals surface area contributed by atoms with E-state index in [4.69, 9.17) is 21.8 Å². The zero-order valence-electron chi connectivity index (χ0n) is 17.5. The van der Waals surface area contributed by atoms with Gasteiger partial charge in [-0.1, -0.05) is 11.6 Å². The van der Waals surface area contributed by atoms with Crippen LogP contribution in [0.1, 0.15) is 48.7 Å². The van der Waals surface area contributed by atoms with Crippen molar-refractivity contribution >= 4 is 23.1 Å². The lowest BCUT2D eigenvalue weighted by Gasteiger charge is -2.36. The number of hydrogen-bond donors (Lipinski definition) is 2.